The third-order valence-corrected chi connectivity index (χ3v) is 1.82. The largest absolute Gasteiger partial charge is 0.497 e. The van der Waals surface area contributed by atoms with Gasteiger partial charge in [0.1, 0.15) is 5.75 Å². The van der Waals surface area contributed by atoms with Crippen LogP contribution in [0.1, 0.15) is 11.7 Å². The zero-order valence-corrected chi connectivity index (χ0v) is 7.60. The van der Waals surface area contributed by atoms with E-state index in [0.717, 1.165) is 0 Å². The van der Waals surface area contributed by atoms with Gasteiger partial charge in [0.05, 0.1) is 7.11 Å². The Morgan fingerprint density at radius 3 is 2.64 bits per heavy atom. The van der Waals surface area contributed by atoms with Gasteiger partial charge in [-0.1, -0.05) is 6.07 Å². The van der Waals surface area contributed by atoms with E-state index in [1.165, 1.54) is 25.3 Å². The number of methoxy groups -OCH3 is 1. The number of benzene rings is 1. The number of carbonyl (C=O) groups is 1. The lowest BCUT2D eigenvalue weighted by Gasteiger charge is -2.10. The average molecular weight is 197 g/mol. The van der Waals surface area contributed by atoms with E-state index >= 15 is 0 Å². The quantitative estimate of drug-likeness (QED) is 0.610. The van der Waals surface area contributed by atoms with Crippen molar-refractivity contribution < 1.29 is 19.7 Å². The summed E-state index contributed by atoms with van der Waals surface area (Å²) in [6.07, 6.45) is -1.60. The molecule has 0 amide bonds. The number of carboxylic acid groups (broad SMARTS) is 1. The first kappa shape index (κ1) is 10.3. The van der Waals surface area contributed by atoms with Crippen molar-refractivity contribution in [3.63, 3.8) is 0 Å². The van der Waals surface area contributed by atoms with Crippen molar-refractivity contribution in [2.75, 3.05) is 12.8 Å². The molecule has 0 fully saturated rings. The summed E-state index contributed by atoms with van der Waals surface area (Å²) in [5, 5.41) is 17.8. The molecule has 1 atom stereocenters. The van der Waals surface area contributed by atoms with Crippen LogP contribution < -0.4 is 10.5 Å². The average Bonchev–Trinajstić information content (AvgIpc) is 2.16. The third-order valence-electron chi connectivity index (χ3n) is 1.82. The summed E-state index contributed by atoms with van der Waals surface area (Å²) in [6.45, 7) is 0. The molecule has 0 saturated carbocycles. The number of aliphatic hydroxyl groups excluding tert-OH is 1. The van der Waals surface area contributed by atoms with Crippen LogP contribution in [0.3, 0.4) is 0 Å². The summed E-state index contributed by atoms with van der Waals surface area (Å²) in [6, 6.07) is 4.42. The first-order valence-electron chi connectivity index (χ1n) is 3.90. The number of ether oxygens (including phenoxy) is 1. The van der Waals surface area contributed by atoms with E-state index in [2.05, 4.69) is 0 Å². The second-order valence-corrected chi connectivity index (χ2v) is 2.74. The fourth-order valence-electron chi connectivity index (χ4n) is 1.06. The highest BCUT2D eigenvalue weighted by molar-refractivity contribution is 5.76. The summed E-state index contributed by atoms with van der Waals surface area (Å²) in [7, 11) is 1.47. The highest BCUT2D eigenvalue weighted by Gasteiger charge is 2.18. The van der Waals surface area contributed by atoms with Crippen molar-refractivity contribution in [3.8, 4) is 5.75 Å². The fraction of sp³-hybridized carbons (Fsp3) is 0.222. The minimum Gasteiger partial charge on any atom is -0.497 e. The lowest BCUT2D eigenvalue weighted by molar-refractivity contribution is -0.146. The molecule has 0 aromatic heterocycles. The van der Waals surface area contributed by atoms with Gasteiger partial charge in [-0.3, -0.25) is 0 Å². The zero-order valence-electron chi connectivity index (χ0n) is 7.60. The molecular formula is C9H11NO4. The summed E-state index contributed by atoms with van der Waals surface area (Å²) >= 11 is 0. The third kappa shape index (κ3) is 1.94. The highest BCUT2D eigenvalue weighted by atomic mass is 16.5. The minimum absolute atomic E-state index is 0.165. The van der Waals surface area contributed by atoms with Gasteiger partial charge in [0.15, 0.2) is 6.10 Å². The van der Waals surface area contributed by atoms with E-state index in [1.807, 2.05) is 0 Å². The standard InChI is InChI=1S/C9H11NO4/c1-14-5-2-3-6(7(10)4-5)8(11)9(12)13/h2-4,8,11H,10H2,1H3,(H,12,13). The molecule has 5 heteroatoms. The monoisotopic (exact) mass is 197 g/mol. The molecule has 0 bridgehead atoms. The predicted molar refractivity (Wildman–Crippen MR) is 50.0 cm³/mol. The maximum atomic E-state index is 10.5. The van der Waals surface area contributed by atoms with Gasteiger partial charge in [-0.2, -0.15) is 0 Å². The molecule has 14 heavy (non-hydrogen) atoms. The molecule has 1 rings (SSSR count). The van der Waals surface area contributed by atoms with Crippen LogP contribution in [0.5, 0.6) is 5.75 Å². The number of aliphatic hydroxyl groups is 1. The Morgan fingerprint density at radius 2 is 2.21 bits per heavy atom. The molecule has 5 nitrogen and oxygen atoms in total. The van der Waals surface area contributed by atoms with E-state index < -0.39 is 12.1 Å². The lowest BCUT2D eigenvalue weighted by Crippen LogP contribution is -2.12. The van der Waals surface area contributed by atoms with E-state index in [9.17, 15) is 9.90 Å². The topological polar surface area (TPSA) is 92.8 Å². The van der Waals surface area contributed by atoms with Gasteiger partial charge in [-0.05, 0) is 6.07 Å². The van der Waals surface area contributed by atoms with Crippen molar-refractivity contribution in [1.29, 1.82) is 0 Å². The lowest BCUT2D eigenvalue weighted by atomic mass is 10.1. The van der Waals surface area contributed by atoms with Gasteiger partial charge in [0.25, 0.3) is 0 Å². The minimum atomic E-state index is -1.60. The first-order valence-corrected chi connectivity index (χ1v) is 3.90. The molecule has 1 aromatic rings. The number of nitrogen functional groups attached to an aromatic ring is 1. The summed E-state index contributed by atoms with van der Waals surface area (Å²) in [5.74, 6) is -0.814. The second-order valence-electron chi connectivity index (χ2n) is 2.74. The maximum Gasteiger partial charge on any atom is 0.337 e. The summed E-state index contributed by atoms with van der Waals surface area (Å²) in [5.41, 5.74) is 5.89. The van der Waals surface area contributed by atoms with E-state index in [1.54, 1.807) is 0 Å². The predicted octanol–water partition coefficient (Wildman–Crippen LogP) is 0.395. The molecule has 0 heterocycles. The van der Waals surface area contributed by atoms with Gasteiger partial charge in [-0.25, -0.2) is 4.79 Å². The number of rotatable bonds is 3. The molecule has 0 saturated heterocycles. The number of hydrogen-bond donors (Lipinski definition) is 3. The Bertz CT molecular complexity index is 351. The van der Waals surface area contributed by atoms with Crippen LogP contribution >= 0.6 is 0 Å². The molecule has 0 aliphatic carbocycles. The van der Waals surface area contributed by atoms with Crippen LogP contribution in [0.25, 0.3) is 0 Å². The second kappa shape index (κ2) is 3.97. The number of nitrogens with two attached hydrogens (primary N) is 1. The van der Waals surface area contributed by atoms with E-state index in [0.29, 0.717) is 5.75 Å². The zero-order chi connectivity index (χ0) is 10.7. The van der Waals surface area contributed by atoms with Crippen molar-refractivity contribution in [1.82, 2.24) is 0 Å². The Labute approximate surface area is 80.7 Å². The van der Waals surface area contributed by atoms with Crippen LogP contribution in [0.15, 0.2) is 18.2 Å². The number of anilines is 1. The van der Waals surface area contributed by atoms with Crippen LogP contribution in [-0.4, -0.2) is 23.3 Å². The molecule has 0 aliphatic heterocycles. The Hall–Kier alpha value is -1.75. The van der Waals surface area contributed by atoms with E-state index in [4.69, 9.17) is 15.6 Å². The van der Waals surface area contributed by atoms with Gasteiger partial charge in [-0.15, -0.1) is 0 Å². The molecular weight excluding hydrogens is 186 g/mol. The molecule has 0 aliphatic rings. The van der Waals surface area contributed by atoms with Crippen molar-refractivity contribution in [2.24, 2.45) is 0 Å². The molecule has 0 radical (unpaired) electrons. The Morgan fingerprint density at radius 1 is 1.57 bits per heavy atom. The molecule has 4 N–H and O–H groups in total. The first-order chi connectivity index (χ1) is 6.56. The van der Waals surface area contributed by atoms with Crippen LogP contribution in [0, 0.1) is 0 Å². The van der Waals surface area contributed by atoms with Gasteiger partial charge < -0.3 is 20.7 Å². The van der Waals surface area contributed by atoms with Crippen molar-refractivity contribution in [2.45, 2.75) is 6.10 Å². The van der Waals surface area contributed by atoms with Crippen molar-refractivity contribution in [3.05, 3.63) is 23.8 Å². The fourth-order valence-corrected chi connectivity index (χ4v) is 1.06. The SMILES string of the molecule is COc1ccc(C(O)C(=O)O)c(N)c1. The molecule has 0 spiro atoms. The van der Waals surface area contributed by atoms with Gasteiger partial charge in [0.2, 0.25) is 0 Å². The number of carboxylic acids is 1. The van der Waals surface area contributed by atoms with Crippen molar-refractivity contribution >= 4 is 11.7 Å². The van der Waals surface area contributed by atoms with Crippen LogP contribution in [-0.2, 0) is 4.79 Å². The van der Waals surface area contributed by atoms with Crippen LogP contribution in [0.4, 0.5) is 5.69 Å². The Kier molecular flexibility index (Phi) is 2.93. The molecule has 76 valence electrons. The maximum absolute atomic E-state index is 10.5. The Balaban J connectivity index is 3.05. The van der Waals surface area contributed by atoms with Gasteiger partial charge in [0, 0.05) is 17.3 Å². The highest BCUT2D eigenvalue weighted by Crippen LogP contribution is 2.25. The molecule has 1 aromatic carbocycles. The van der Waals surface area contributed by atoms with Crippen LogP contribution in [0.2, 0.25) is 0 Å². The smallest absolute Gasteiger partial charge is 0.337 e. The normalized spacial score (nSPS) is 12.1. The number of hydrogen-bond acceptors (Lipinski definition) is 4. The number of aliphatic carboxylic acids is 1. The van der Waals surface area contributed by atoms with E-state index in [-0.39, 0.29) is 11.3 Å². The molecule has 1 unspecified atom stereocenters. The summed E-state index contributed by atoms with van der Waals surface area (Å²) < 4.78 is 4.88. The summed E-state index contributed by atoms with van der Waals surface area (Å²) in [4.78, 5) is 10.5. The van der Waals surface area contributed by atoms with Gasteiger partial charge >= 0.3 is 5.97 Å².